The summed E-state index contributed by atoms with van der Waals surface area (Å²) in [6.07, 6.45) is 0. The lowest BCUT2D eigenvalue weighted by Crippen LogP contribution is -2.37. The Kier molecular flexibility index (Phi) is 8.18. The van der Waals surface area contributed by atoms with Gasteiger partial charge in [-0.1, -0.05) is 150 Å². The van der Waals surface area contributed by atoms with Crippen LogP contribution in [-0.2, 0) is 10.8 Å². The number of rotatable bonds is 6. The first-order valence-electron chi connectivity index (χ1n) is 22.1. The normalized spacial score (nSPS) is 13.6. The number of benzene rings is 8. The Morgan fingerprint density at radius 2 is 1.43 bits per heavy atom. The molecule has 0 spiro atoms. The SMILES string of the molecule is C=C(Oc1cc2c(cc1C)Bc1c(-c3cc4c(cc3Nc3ccc(C(C)(C)C)cc3)C(C)(C)c3ccccc3-4)ccc3c4cc5sc6ccccc6c5cc4n-2c13)c1ccccc1. The maximum absolute atomic E-state index is 6.65. The Balaban J connectivity index is 1.12. The number of anilines is 2. The highest BCUT2D eigenvalue weighted by Crippen LogP contribution is 2.52. The summed E-state index contributed by atoms with van der Waals surface area (Å²) in [6.45, 7) is 18.1. The second kappa shape index (κ2) is 13.6. The maximum Gasteiger partial charge on any atom is 0.198 e. The zero-order valence-electron chi connectivity index (χ0n) is 36.6. The van der Waals surface area contributed by atoms with Gasteiger partial charge in [0.15, 0.2) is 7.28 Å². The third-order valence-corrected chi connectivity index (χ3v) is 15.0. The van der Waals surface area contributed by atoms with Crippen LogP contribution >= 0.6 is 11.3 Å². The number of hydrogen-bond acceptors (Lipinski definition) is 3. The van der Waals surface area contributed by atoms with Gasteiger partial charge >= 0.3 is 0 Å². The van der Waals surface area contributed by atoms with E-state index in [2.05, 4.69) is 191 Å². The van der Waals surface area contributed by atoms with Gasteiger partial charge in [-0.25, -0.2) is 0 Å². The average molecular weight is 831 g/mol. The van der Waals surface area contributed by atoms with Crippen LogP contribution in [0.2, 0.25) is 0 Å². The molecule has 8 aromatic carbocycles. The molecule has 1 aliphatic carbocycles. The van der Waals surface area contributed by atoms with Gasteiger partial charge in [0, 0.05) is 76.1 Å². The molecule has 2 aliphatic rings. The largest absolute Gasteiger partial charge is 0.457 e. The van der Waals surface area contributed by atoms with E-state index in [9.17, 15) is 0 Å². The van der Waals surface area contributed by atoms with E-state index >= 15 is 0 Å². The summed E-state index contributed by atoms with van der Waals surface area (Å²) in [5, 5.41) is 9.10. The zero-order valence-corrected chi connectivity index (χ0v) is 37.4. The Morgan fingerprint density at radius 3 is 2.24 bits per heavy atom. The van der Waals surface area contributed by atoms with Crippen molar-refractivity contribution in [2.75, 3.05) is 5.32 Å². The Bertz CT molecular complexity index is 3570. The molecule has 63 heavy (non-hydrogen) atoms. The van der Waals surface area contributed by atoms with E-state index in [1.165, 1.54) is 91.8 Å². The standard InChI is InChI=1S/C58H47BN2OS/c1-33-27-48-51(32-52(33)62-34(2)35-15-9-8-10-16-35)61-50-29-45-39-18-12-14-20-53(39)63-54(45)30-44(50)41-26-25-40(55(59-48)56(41)61)43-28-42-38-17-11-13-19-46(38)58(6,7)47(42)31-49(43)60-37-23-21-36(22-24-37)57(3,4)5/h8-32,59-60H,2H2,1,3-7H3. The van der Waals surface area contributed by atoms with Crippen molar-refractivity contribution in [3.05, 3.63) is 186 Å². The predicted molar refractivity (Wildman–Crippen MR) is 272 cm³/mol. The van der Waals surface area contributed by atoms with E-state index < -0.39 is 0 Å². The third-order valence-electron chi connectivity index (χ3n) is 13.9. The third kappa shape index (κ3) is 5.79. The first-order valence-corrected chi connectivity index (χ1v) is 22.9. The molecule has 12 rings (SSSR count). The molecule has 1 N–H and O–H groups in total. The van der Waals surface area contributed by atoms with E-state index in [4.69, 9.17) is 4.74 Å². The van der Waals surface area contributed by atoms with Crippen LogP contribution in [0.5, 0.6) is 5.75 Å². The van der Waals surface area contributed by atoms with Crippen molar-refractivity contribution in [2.45, 2.75) is 52.4 Å². The van der Waals surface area contributed by atoms with Crippen molar-refractivity contribution in [3.63, 3.8) is 0 Å². The van der Waals surface area contributed by atoms with Gasteiger partial charge in [0.05, 0.1) is 5.52 Å². The molecule has 0 fully saturated rings. The van der Waals surface area contributed by atoms with E-state index in [0.717, 1.165) is 41.2 Å². The highest BCUT2D eigenvalue weighted by atomic mass is 32.1. The summed E-state index contributed by atoms with van der Waals surface area (Å²) in [4.78, 5) is 0. The minimum absolute atomic E-state index is 0.0726. The number of ether oxygens (including phenoxy) is 1. The minimum Gasteiger partial charge on any atom is -0.457 e. The molecule has 0 atom stereocenters. The summed E-state index contributed by atoms with van der Waals surface area (Å²) in [5.74, 6) is 1.46. The minimum atomic E-state index is -0.138. The molecule has 3 nitrogen and oxygen atoms in total. The lowest BCUT2D eigenvalue weighted by molar-refractivity contribution is 0.512. The van der Waals surface area contributed by atoms with Crippen LogP contribution in [0.3, 0.4) is 0 Å². The fourth-order valence-electron chi connectivity index (χ4n) is 10.6. The van der Waals surface area contributed by atoms with Gasteiger partial charge in [-0.3, -0.25) is 0 Å². The second-order valence-corrected chi connectivity index (χ2v) is 20.3. The molecule has 3 heterocycles. The van der Waals surface area contributed by atoms with Gasteiger partial charge in [-0.05, 0) is 99.2 Å². The highest BCUT2D eigenvalue weighted by molar-refractivity contribution is 7.25. The van der Waals surface area contributed by atoms with Crippen LogP contribution in [0, 0.1) is 6.92 Å². The summed E-state index contributed by atoms with van der Waals surface area (Å²) in [7, 11) is 0.787. The van der Waals surface area contributed by atoms with Crippen LogP contribution in [-0.4, -0.2) is 11.8 Å². The monoisotopic (exact) mass is 830 g/mol. The highest BCUT2D eigenvalue weighted by Gasteiger charge is 2.37. The molecule has 0 bridgehead atoms. The maximum atomic E-state index is 6.65. The van der Waals surface area contributed by atoms with Crippen LogP contribution in [0.1, 0.15) is 62.4 Å². The van der Waals surface area contributed by atoms with Gasteiger partial charge in [-0.2, -0.15) is 0 Å². The van der Waals surface area contributed by atoms with Gasteiger partial charge in [-0.15, -0.1) is 11.3 Å². The molecule has 304 valence electrons. The Hall–Kier alpha value is -6.82. The molecule has 10 aromatic rings. The molecule has 0 unspecified atom stereocenters. The van der Waals surface area contributed by atoms with Gasteiger partial charge < -0.3 is 14.6 Å². The van der Waals surface area contributed by atoms with Crippen molar-refractivity contribution in [1.82, 2.24) is 4.57 Å². The van der Waals surface area contributed by atoms with Gasteiger partial charge in [0.1, 0.15) is 11.5 Å². The van der Waals surface area contributed by atoms with Gasteiger partial charge in [0.25, 0.3) is 0 Å². The topological polar surface area (TPSA) is 26.2 Å². The van der Waals surface area contributed by atoms with E-state index in [1.807, 2.05) is 29.5 Å². The van der Waals surface area contributed by atoms with E-state index in [1.54, 1.807) is 0 Å². The first kappa shape index (κ1) is 37.9. The van der Waals surface area contributed by atoms with Crippen molar-refractivity contribution >= 4 is 88.7 Å². The lowest BCUT2D eigenvalue weighted by atomic mass is 9.58. The van der Waals surface area contributed by atoms with E-state index in [-0.39, 0.29) is 10.8 Å². The molecular formula is C58H47BN2OS. The van der Waals surface area contributed by atoms with E-state index in [0.29, 0.717) is 5.76 Å². The average Bonchev–Trinajstić information content (AvgIpc) is 3.88. The predicted octanol–water partition coefficient (Wildman–Crippen LogP) is 14.2. The molecule has 0 amide bonds. The van der Waals surface area contributed by atoms with Crippen LogP contribution in [0.25, 0.3) is 75.7 Å². The Labute approximate surface area is 373 Å². The fourth-order valence-corrected chi connectivity index (χ4v) is 11.7. The lowest BCUT2D eigenvalue weighted by Gasteiger charge is -2.26. The summed E-state index contributed by atoms with van der Waals surface area (Å²) < 4.78 is 11.8. The first-order chi connectivity index (χ1) is 30.4. The number of aryl methyl sites for hydroxylation is 1. The number of nitrogens with one attached hydrogen (secondary N) is 1. The van der Waals surface area contributed by atoms with Crippen molar-refractivity contribution < 1.29 is 4.74 Å². The quantitative estimate of drug-likeness (QED) is 0.133. The smallest absolute Gasteiger partial charge is 0.198 e. The fraction of sp³-hybridized carbons (Fsp3) is 0.138. The second-order valence-electron chi connectivity index (χ2n) is 19.2. The van der Waals surface area contributed by atoms with Crippen molar-refractivity contribution in [1.29, 1.82) is 0 Å². The molecule has 2 aromatic heterocycles. The van der Waals surface area contributed by atoms with Crippen LogP contribution in [0.15, 0.2) is 158 Å². The van der Waals surface area contributed by atoms with Crippen molar-refractivity contribution in [2.24, 2.45) is 0 Å². The van der Waals surface area contributed by atoms with Gasteiger partial charge in [0.2, 0.25) is 0 Å². The molecule has 5 heteroatoms. The molecule has 0 saturated carbocycles. The summed E-state index contributed by atoms with van der Waals surface area (Å²) in [6, 6.07) is 56.2. The Morgan fingerprint density at radius 1 is 0.667 bits per heavy atom. The summed E-state index contributed by atoms with van der Waals surface area (Å²) in [5.41, 5.74) is 19.6. The van der Waals surface area contributed by atoms with Crippen LogP contribution in [0.4, 0.5) is 11.4 Å². The number of thiophene rings is 1. The number of fused-ring (bicyclic) bond motifs is 11. The molecule has 1 aliphatic heterocycles. The molecule has 0 saturated heterocycles. The van der Waals surface area contributed by atoms with Crippen LogP contribution < -0.4 is 21.0 Å². The molecular weight excluding hydrogens is 784 g/mol. The molecule has 0 radical (unpaired) electrons. The summed E-state index contributed by atoms with van der Waals surface area (Å²) >= 11 is 1.88. The number of hydrogen-bond donors (Lipinski definition) is 1. The number of nitrogens with zero attached hydrogens (tertiary/aromatic N) is 1. The van der Waals surface area contributed by atoms with Crippen molar-refractivity contribution in [3.8, 4) is 33.7 Å². The number of aromatic nitrogens is 1. The zero-order chi connectivity index (χ0) is 42.9.